The molecule has 1 N–H and O–H groups in total. The number of amides is 1. The van der Waals surface area contributed by atoms with Crippen LogP contribution in [0.5, 0.6) is 11.6 Å². The van der Waals surface area contributed by atoms with Crippen LogP contribution in [0.1, 0.15) is 30.9 Å². The van der Waals surface area contributed by atoms with Crippen LogP contribution < -0.4 is 10.1 Å². The van der Waals surface area contributed by atoms with Gasteiger partial charge in [-0.1, -0.05) is 31.2 Å². The molecule has 2 rings (SSSR count). The minimum atomic E-state index is -4.45. The Balaban J connectivity index is 2.07. The minimum Gasteiger partial charge on any atom is -0.439 e. The second-order valence-electron chi connectivity index (χ2n) is 5.46. The van der Waals surface area contributed by atoms with Crippen molar-refractivity contribution in [1.29, 1.82) is 0 Å². The molecule has 0 radical (unpaired) electrons. The molecule has 0 aliphatic rings. The molecule has 1 aromatic carbocycles. The lowest BCUT2D eigenvalue weighted by Gasteiger charge is -2.12. The molecule has 0 unspecified atom stereocenters. The number of benzene rings is 1. The zero-order chi connectivity index (χ0) is 19.0. The van der Waals surface area contributed by atoms with E-state index in [-0.39, 0.29) is 30.5 Å². The van der Waals surface area contributed by atoms with Gasteiger partial charge in [0, 0.05) is 24.7 Å². The SMILES string of the molecule is CC/C=C/CC(=O)NCc1cccnc1Oc1cccc(C(F)(F)F)c1. The van der Waals surface area contributed by atoms with Crippen LogP contribution in [0.2, 0.25) is 0 Å². The van der Waals surface area contributed by atoms with E-state index in [1.54, 1.807) is 18.2 Å². The predicted octanol–water partition coefficient (Wildman–Crippen LogP) is 4.87. The summed E-state index contributed by atoms with van der Waals surface area (Å²) in [5.74, 6) is 0.0109. The van der Waals surface area contributed by atoms with Gasteiger partial charge in [-0.25, -0.2) is 4.98 Å². The summed E-state index contributed by atoms with van der Waals surface area (Å²) in [5.41, 5.74) is -0.235. The highest BCUT2D eigenvalue weighted by molar-refractivity contribution is 5.77. The summed E-state index contributed by atoms with van der Waals surface area (Å²) >= 11 is 0. The predicted molar refractivity (Wildman–Crippen MR) is 91.6 cm³/mol. The van der Waals surface area contributed by atoms with Gasteiger partial charge in [0.25, 0.3) is 0 Å². The van der Waals surface area contributed by atoms with Crippen molar-refractivity contribution < 1.29 is 22.7 Å². The van der Waals surface area contributed by atoms with E-state index < -0.39 is 11.7 Å². The second kappa shape index (κ2) is 9.03. The van der Waals surface area contributed by atoms with E-state index in [9.17, 15) is 18.0 Å². The summed E-state index contributed by atoms with van der Waals surface area (Å²) in [5, 5.41) is 2.73. The normalized spacial score (nSPS) is 11.5. The third kappa shape index (κ3) is 5.91. The molecule has 26 heavy (non-hydrogen) atoms. The fourth-order valence-corrected chi connectivity index (χ4v) is 2.12. The molecule has 0 saturated heterocycles. The molecule has 1 aromatic heterocycles. The van der Waals surface area contributed by atoms with Gasteiger partial charge in [0.1, 0.15) is 5.75 Å². The Morgan fingerprint density at radius 2 is 2.04 bits per heavy atom. The van der Waals surface area contributed by atoms with Crippen LogP contribution in [0.3, 0.4) is 0 Å². The van der Waals surface area contributed by atoms with Gasteiger partial charge in [-0.05, 0) is 30.7 Å². The number of carbonyl (C=O) groups is 1. The maximum Gasteiger partial charge on any atom is 0.416 e. The smallest absolute Gasteiger partial charge is 0.416 e. The van der Waals surface area contributed by atoms with E-state index in [0.29, 0.717) is 5.56 Å². The standard InChI is InChI=1S/C19H19F3N2O2/c1-2-3-4-10-17(25)24-13-14-7-6-11-23-18(14)26-16-9-5-8-15(12-16)19(20,21)22/h3-9,11-12H,2,10,13H2,1H3,(H,24,25)/b4-3+. The summed E-state index contributed by atoms with van der Waals surface area (Å²) in [6.45, 7) is 2.14. The molecule has 7 heteroatoms. The molecule has 138 valence electrons. The summed E-state index contributed by atoms with van der Waals surface area (Å²) in [6.07, 6.45) is 1.80. The Morgan fingerprint density at radius 1 is 1.23 bits per heavy atom. The summed E-state index contributed by atoms with van der Waals surface area (Å²) < 4.78 is 43.9. The van der Waals surface area contributed by atoms with E-state index in [1.165, 1.54) is 18.3 Å². The number of ether oxygens (including phenoxy) is 1. The number of allylic oxidation sites excluding steroid dienone is 1. The Hall–Kier alpha value is -2.83. The number of carbonyl (C=O) groups excluding carboxylic acids is 1. The lowest BCUT2D eigenvalue weighted by Crippen LogP contribution is -2.22. The number of nitrogens with zero attached hydrogens (tertiary/aromatic N) is 1. The molecule has 0 aliphatic carbocycles. The Labute approximate surface area is 149 Å². The fraction of sp³-hybridized carbons (Fsp3) is 0.263. The van der Waals surface area contributed by atoms with Crippen molar-refractivity contribution in [3.05, 3.63) is 65.9 Å². The zero-order valence-corrected chi connectivity index (χ0v) is 14.2. The van der Waals surface area contributed by atoms with Crippen LogP contribution in [0, 0.1) is 0 Å². The first kappa shape index (κ1) is 19.5. The lowest BCUT2D eigenvalue weighted by atomic mass is 10.2. The molecular weight excluding hydrogens is 345 g/mol. The van der Waals surface area contributed by atoms with E-state index >= 15 is 0 Å². The molecule has 0 bridgehead atoms. The first-order valence-electron chi connectivity index (χ1n) is 8.11. The molecule has 2 aromatic rings. The molecule has 0 fully saturated rings. The molecule has 1 amide bonds. The summed E-state index contributed by atoms with van der Waals surface area (Å²) in [4.78, 5) is 15.8. The van der Waals surface area contributed by atoms with Crippen molar-refractivity contribution in [2.45, 2.75) is 32.5 Å². The van der Waals surface area contributed by atoms with Gasteiger partial charge in [-0.15, -0.1) is 0 Å². The van der Waals surface area contributed by atoms with Crippen LogP contribution in [0.15, 0.2) is 54.7 Å². The number of pyridine rings is 1. The number of aromatic nitrogens is 1. The molecule has 0 saturated carbocycles. The molecule has 4 nitrogen and oxygen atoms in total. The van der Waals surface area contributed by atoms with Gasteiger partial charge in [-0.3, -0.25) is 4.79 Å². The highest BCUT2D eigenvalue weighted by Gasteiger charge is 2.30. The largest absolute Gasteiger partial charge is 0.439 e. The average Bonchev–Trinajstić information content (AvgIpc) is 2.61. The van der Waals surface area contributed by atoms with E-state index in [1.807, 2.05) is 13.0 Å². The monoisotopic (exact) mass is 364 g/mol. The number of rotatable bonds is 7. The quantitative estimate of drug-likeness (QED) is 0.714. The van der Waals surface area contributed by atoms with Gasteiger partial charge in [0.05, 0.1) is 5.56 Å². The third-order valence-corrected chi connectivity index (χ3v) is 3.41. The fourth-order valence-electron chi connectivity index (χ4n) is 2.12. The van der Waals surface area contributed by atoms with E-state index in [0.717, 1.165) is 18.6 Å². The first-order chi connectivity index (χ1) is 12.4. The van der Waals surface area contributed by atoms with Crippen molar-refractivity contribution in [3.8, 4) is 11.6 Å². The molecule has 0 atom stereocenters. The number of hydrogen-bond acceptors (Lipinski definition) is 3. The second-order valence-corrected chi connectivity index (χ2v) is 5.46. The number of hydrogen-bond donors (Lipinski definition) is 1. The number of alkyl halides is 3. The van der Waals surface area contributed by atoms with Crippen LogP contribution >= 0.6 is 0 Å². The Kier molecular flexibility index (Phi) is 6.77. The Bertz CT molecular complexity index is 773. The van der Waals surface area contributed by atoms with E-state index in [2.05, 4.69) is 10.3 Å². The van der Waals surface area contributed by atoms with Gasteiger partial charge in [-0.2, -0.15) is 13.2 Å². The average molecular weight is 364 g/mol. The van der Waals surface area contributed by atoms with Gasteiger partial charge in [0.15, 0.2) is 0 Å². The van der Waals surface area contributed by atoms with Crippen LogP contribution in [0.25, 0.3) is 0 Å². The first-order valence-corrected chi connectivity index (χ1v) is 8.11. The zero-order valence-electron chi connectivity index (χ0n) is 14.2. The van der Waals surface area contributed by atoms with Gasteiger partial charge in [0.2, 0.25) is 11.8 Å². The topological polar surface area (TPSA) is 51.2 Å². The highest BCUT2D eigenvalue weighted by atomic mass is 19.4. The van der Waals surface area contributed by atoms with Gasteiger partial charge >= 0.3 is 6.18 Å². The molecule has 0 aliphatic heterocycles. The number of nitrogens with one attached hydrogen (secondary N) is 1. The third-order valence-electron chi connectivity index (χ3n) is 3.41. The lowest BCUT2D eigenvalue weighted by molar-refractivity contribution is -0.137. The maximum absolute atomic E-state index is 12.8. The maximum atomic E-state index is 12.8. The van der Waals surface area contributed by atoms with E-state index in [4.69, 9.17) is 4.74 Å². The van der Waals surface area contributed by atoms with Crippen molar-refractivity contribution in [1.82, 2.24) is 10.3 Å². The Morgan fingerprint density at radius 3 is 2.77 bits per heavy atom. The summed E-state index contributed by atoms with van der Waals surface area (Å²) in [6, 6.07) is 7.92. The van der Waals surface area contributed by atoms with Crippen LogP contribution in [-0.4, -0.2) is 10.9 Å². The van der Waals surface area contributed by atoms with Crippen LogP contribution in [-0.2, 0) is 17.5 Å². The molecule has 0 spiro atoms. The number of halogens is 3. The van der Waals surface area contributed by atoms with Crippen molar-refractivity contribution in [2.75, 3.05) is 0 Å². The van der Waals surface area contributed by atoms with Gasteiger partial charge < -0.3 is 10.1 Å². The van der Waals surface area contributed by atoms with Crippen molar-refractivity contribution >= 4 is 5.91 Å². The highest BCUT2D eigenvalue weighted by Crippen LogP contribution is 2.32. The van der Waals surface area contributed by atoms with Crippen molar-refractivity contribution in [3.63, 3.8) is 0 Å². The summed E-state index contributed by atoms with van der Waals surface area (Å²) in [7, 11) is 0. The molecule has 1 heterocycles. The molecular formula is C19H19F3N2O2. The minimum absolute atomic E-state index is 0.0250. The van der Waals surface area contributed by atoms with Crippen molar-refractivity contribution in [2.24, 2.45) is 0 Å². The van der Waals surface area contributed by atoms with Crippen LogP contribution in [0.4, 0.5) is 13.2 Å².